The molecule has 0 fully saturated rings. The van der Waals surface area contributed by atoms with Crippen molar-refractivity contribution in [2.24, 2.45) is 0 Å². The predicted molar refractivity (Wildman–Crippen MR) is 97.9 cm³/mol. The standard InChI is InChI=1S/C19H19Cl2NO/c1-3-14-4-6-15(7-5-14)13(2)22-19(23)11-9-16-8-10-17(20)12-18(16)21/h4-13H,3H2,1-2H3,(H,22,23)/b11-9+/t13-/m1/s1. The van der Waals surface area contributed by atoms with E-state index in [1.807, 2.05) is 19.1 Å². The van der Waals surface area contributed by atoms with Crippen molar-refractivity contribution in [3.8, 4) is 0 Å². The molecule has 23 heavy (non-hydrogen) atoms. The van der Waals surface area contributed by atoms with Crippen LogP contribution >= 0.6 is 23.2 Å². The Morgan fingerprint density at radius 3 is 2.48 bits per heavy atom. The lowest BCUT2D eigenvalue weighted by atomic mass is 10.0. The van der Waals surface area contributed by atoms with Gasteiger partial charge in [0.1, 0.15) is 0 Å². The highest BCUT2D eigenvalue weighted by Crippen LogP contribution is 2.22. The zero-order valence-corrected chi connectivity index (χ0v) is 14.7. The fourth-order valence-electron chi connectivity index (χ4n) is 2.19. The number of hydrogen-bond donors (Lipinski definition) is 1. The highest BCUT2D eigenvalue weighted by molar-refractivity contribution is 6.35. The van der Waals surface area contributed by atoms with E-state index in [4.69, 9.17) is 23.2 Å². The van der Waals surface area contributed by atoms with Gasteiger partial charge in [-0.1, -0.05) is 60.5 Å². The van der Waals surface area contributed by atoms with Crippen LogP contribution in [0.25, 0.3) is 6.08 Å². The Morgan fingerprint density at radius 1 is 1.17 bits per heavy atom. The topological polar surface area (TPSA) is 29.1 Å². The molecule has 4 heteroatoms. The molecule has 2 aromatic carbocycles. The number of nitrogens with one attached hydrogen (secondary N) is 1. The lowest BCUT2D eigenvalue weighted by Crippen LogP contribution is -2.24. The zero-order chi connectivity index (χ0) is 16.8. The van der Waals surface area contributed by atoms with Crippen molar-refractivity contribution < 1.29 is 4.79 Å². The number of benzene rings is 2. The minimum atomic E-state index is -0.164. The Morgan fingerprint density at radius 2 is 1.87 bits per heavy atom. The summed E-state index contributed by atoms with van der Waals surface area (Å²) in [7, 11) is 0. The van der Waals surface area contributed by atoms with Crippen LogP contribution in [0.5, 0.6) is 0 Å². The molecule has 0 spiro atoms. The van der Waals surface area contributed by atoms with Gasteiger partial charge >= 0.3 is 0 Å². The number of carbonyl (C=O) groups excluding carboxylic acids is 1. The third-order valence-corrected chi connectivity index (χ3v) is 4.19. The molecule has 1 N–H and O–H groups in total. The lowest BCUT2D eigenvalue weighted by molar-refractivity contribution is -0.117. The number of amides is 1. The molecule has 0 aliphatic carbocycles. The highest BCUT2D eigenvalue weighted by atomic mass is 35.5. The average molecular weight is 348 g/mol. The zero-order valence-electron chi connectivity index (χ0n) is 13.1. The maximum Gasteiger partial charge on any atom is 0.244 e. The molecule has 0 saturated carbocycles. The molecule has 0 aromatic heterocycles. The first kappa shape index (κ1) is 17.6. The molecule has 0 radical (unpaired) electrons. The Bertz CT molecular complexity index is 708. The highest BCUT2D eigenvalue weighted by Gasteiger charge is 2.07. The summed E-state index contributed by atoms with van der Waals surface area (Å²) < 4.78 is 0. The molecule has 2 rings (SSSR count). The van der Waals surface area contributed by atoms with Gasteiger partial charge < -0.3 is 5.32 Å². The summed E-state index contributed by atoms with van der Waals surface area (Å²) in [4.78, 5) is 12.0. The monoisotopic (exact) mass is 347 g/mol. The van der Waals surface area contributed by atoms with Crippen LogP contribution in [0, 0.1) is 0 Å². The fourth-order valence-corrected chi connectivity index (χ4v) is 2.66. The lowest BCUT2D eigenvalue weighted by Gasteiger charge is -2.13. The van der Waals surface area contributed by atoms with Crippen molar-refractivity contribution in [2.75, 3.05) is 0 Å². The largest absolute Gasteiger partial charge is 0.346 e. The molecule has 0 saturated heterocycles. The van der Waals surface area contributed by atoms with Crippen LogP contribution in [0.15, 0.2) is 48.5 Å². The van der Waals surface area contributed by atoms with E-state index in [1.165, 1.54) is 11.6 Å². The first-order valence-corrected chi connectivity index (χ1v) is 8.27. The summed E-state index contributed by atoms with van der Waals surface area (Å²) in [6.45, 7) is 4.08. The number of aryl methyl sites for hydroxylation is 1. The van der Waals surface area contributed by atoms with Gasteiger partial charge in [0.25, 0.3) is 0 Å². The quantitative estimate of drug-likeness (QED) is 0.716. The molecule has 0 bridgehead atoms. The Hall–Kier alpha value is -1.77. The molecule has 0 heterocycles. The van der Waals surface area contributed by atoms with Crippen molar-refractivity contribution >= 4 is 35.2 Å². The summed E-state index contributed by atoms with van der Waals surface area (Å²) in [6, 6.07) is 13.4. The number of hydrogen-bond acceptors (Lipinski definition) is 1. The minimum Gasteiger partial charge on any atom is -0.346 e. The SMILES string of the molecule is CCc1ccc([C@@H](C)NC(=O)/C=C/c2ccc(Cl)cc2Cl)cc1. The molecule has 1 atom stereocenters. The van der Waals surface area contributed by atoms with Gasteiger partial charge in [-0.15, -0.1) is 0 Å². The molecule has 1 amide bonds. The fraction of sp³-hybridized carbons (Fsp3) is 0.211. The molecule has 0 aliphatic rings. The van der Waals surface area contributed by atoms with Gasteiger partial charge in [0.2, 0.25) is 5.91 Å². The molecule has 0 unspecified atom stereocenters. The summed E-state index contributed by atoms with van der Waals surface area (Å²) >= 11 is 11.9. The van der Waals surface area contributed by atoms with E-state index in [9.17, 15) is 4.79 Å². The molecule has 0 aliphatic heterocycles. The van der Waals surface area contributed by atoms with Gasteiger partial charge in [0.15, 0.2) is 0 Å². The molecule has 2 nitrogen and oxygen atoms in total. The summed E-state index contributed by atoms with van der Waals surface area (Å²) in [6.07, 6.45) is 4.17. The molecule has 120 valence electrons. The third kappa shape index (κ3) is 5.12. The van der Waals surface area contributed by atoms with Gasteiger partial charge in [0, 0.05) is 16.1 Å². The van der Waals surface area contributed by atoms with Crippen LogP contribution < -0.4 is 5.32 Å². The van der Waals surface area contributed by atoms with Gasteiger partial charge in [-0.2, -0.15) is 0 Å². The second kappa shape index (κ2) is 8.19. The van der Waals surface area contributed by atoms with E-state index in [0.29, 0.717) is 10.0 Å². The van der Waals surface area contributed by atoms with Gasteiger partial charge in [-0.05, 0) is 48.2 Å². The Labute approximate surface area is 147 Å². The molecular weight excluding hydrogens is 329 g/mol. The van der Waals surface area contributed by atoms with E-state index in [-0.39, 0.29) is 11.9 Å². The number of halogens is 2. The van der Waals surface area contributed by atoms with Crippen molar-refractivity contribution in [1.82, 2.24) is 5.32 Å². The van der Waals surface area contributed by atoms with E-state index in [2.05, 4.69) is 24.4 Å². The average Bonchev–Trinajstić information content (AvgIpc) is 2.54. The summed E-state index contributed by atoms with van der Waals surface area (Å²) in [5.41, 5.74) is 3.11. The van der Waals surface area contributed by atoms with Crippen molar-refractivity contribution in [1.29, 1.82) is 0 Å². The maximum atomic E-state index is 12.0. The molecular formula is C19H19Cl2NO. The van der Waals surface area contributed by atoms with Gasteiger partial charge in [-0.25, -0.2) is 0 Å². The van der Waals surface area contributed by atoms with Crippen LogP contribution in [-0.4, -0.2) is 5.91 Å². The normalized spacial score (nSPS) is 12.3. The van der Waals surface area contributed by atoms with Crippen LogP contribution in [0.2, 0.25) is 10.0 Å². The molecule has 2 aromatic rings. The second-order valence-electron chi connectivity index (χ2n) is 5.32. The Balaban J connectivity index is 1.99. The predicted octanol–water partition coefficient (Wildman–Crippen LogP) is 5.45. The minimum absolute atomic E-state index is 0.0567. The smallest absolute Gasteiger partial charge is 0.244 e. The van der Waals surface area contributed by atoms with Crippen LogP contribution in [0.3, 0.4) is 0 Å². The van der Waals surface area contributed by atoms with E-state index in [0.717, 1.165) is 17.5 Å². The van der Waals surface area contributed by atoms with Crippen LogP contribution in [0.4, 0.5) is 0 Å². The van der Waals surface area contributed by atoms with Gasteiger partial charge in [-0.3, -0.25) is 4.79 Å². The van der Waals surface area contributed by atoms with Crippen LogP contribution in [0.1, 0.15) is 36.6 Å². The van der Waals surface area contributed by atoms with Gasteiger partial charge in [0.05, 0.1) is 6.04 Å². The van der Waals surface area contributed by atoms with Crippen LogP contribution in [-0.2, 0) is 11.2 Å². The first-order chi connectivity index (χ1) is 11.0. The maximum absolute atomic E-state index is 12.0. The number of rotatable bonds is 5. The Kier molecular flexibility index (Phi) is 6.26. The van der Waals surface area contributed by atoms with Crippen molar-refractivity contribution in [3.05, 3.63) is 75.3 Å². The second-order valence-corrected chi connectivity index (χ2v) is 6.17. The van der Waals surface area contributed by atoms with Crippen molar-refractivity contribution in [3.63, 3.8) is 0 Å². The third-order valence-electron chi connectivity index (χ3n) is 3.62. The summed E-state index contributed by atoms with van der Waals surface area (Å²) in [5, 5.41) is 4.03. The van der Waals surface area contributed by atoms with E-state index >= 15 is 0 Å². The van der Waals surface area contributed by atoms with E-state index < -0.39 is 0 Å². The number of carbonyl (C=O) groups is 1. The summed E-state index contributed by atoms with van der Waals surface area (Å²) in [5.74, 6) is -0.164. The van der Waals surface area contributed by atoms with E-state index in [1.54, 1.807) is 24.3 Å². The first-order valence-electron chi connectivity index (χ1n) is 7.52. The van der Waals surface area contributed by atoms with Crippen molar-refractivity contribution in [2.45, 2.75) is 26.3 Å².